The second-order valence-electron chi connectivity index (χ2n) is 4.75. The quantitative estimate of drug-likeness (QED) is 0.838. The Morgan fingerprint density at radius 1 is 1.35 bits per heavy atom. The van der Waals surface area contributed by atoms with E-state index in [0.29, 0.717) is 0 Å². The molecule has 2 nitrogen and oxygen atoms in total. The topological polar surface area (TPSA) is 38.9 Å². The molecule has 1 unspecified atom stereocenters. The van der Waals surface area contributed by atoms with Crippen LogP contribution in [0.4, 0.5) is 0 Å². The summed E-state index contributed by atoms with van der Waals surface area (Å²) in [6.07, 6.45) is 3.36. The van der Waals surface area contributed by atoms with Crippen molar-refractivity contribution >= 4 is 22.5 Å². The Kier molecular flexibility index (Phi) is 2.57. The summed E-state index contributed by atoms with van der Waals surface area (Å²) in [4.78, 5) is 4.73. The van der Waals surface area contributed by atoms with Crippen LogP contribution in [0.15, 0.2) is 18.2 Å². The summed E-state index contributed by atoms with van der Waals surface area (Å²) in [6, 6.07) is 5.90. The standard InChI is InChI=1S/C14H15ClN2/c1-8(16)14-10-3-2-4-12(10)17-13-6-5-9(15)7-11(13)14/h5-8H,2-4,16H2,1H3. The molecule has 3 heteroatoms. The largest absolute Gasteiger partial charge is 0.324 e. The third kappa shape index (κ3) is 1.72. The Labute approximate surface area is 106 Å². The van der Waals surface area contributed by atoms with Gasteiger partial charge in [-0.1, -0.05) is 11.6 Å². The first kappa shape index (κ1) is 11.0. The summed E-state index contributed by atoms with van der Waals surface area (Å²) in [7, 11) is 0. The summed E-state index contributed by atoms with van der Waals surface area (Å²) < 4.78 is 0. The first-order valence-corrected chi connectivity index (χ1v) is 6.41. The minimum atomic E-state index is 0.0332. The Bertz CT molecular complexity index is 590. The maximum Gasteiger partial charge on any atom is 0.0709 e. The molecule has 0 amide bonds. The monoisotopic (exact) mass is 246 g/mol. The molecule has 0 radical (unpaired) electrons. The molecule has 17 heavy (non-hydrogen) atoms. The van der Waals surface area contributed by atoms with Crippen molar-refractivity contribution in [3.8, 4) is 0 Å². The number of fused-ring (bicyclic) bond motifs is 2. The number of aryl methyl sites for hydroxylation is 1. The van der Waals surface area contributed by atoms with Crippen LogP contribution >= 0.6 is 11.6 Å². The van der Waals surface area contributed by atoms with E-state index in [9.17, 15) is 0 Å². The number of nitrogens with zero attached hydrogens (tertiary/aromatic N) is 1. The highest BCUT2D eigenvalue weighted by Crippen LogP contribution is 2.34. The van der Waals surface area contributed by atoms with E-state index in [1.807, 2.05) is 25.1 Å². The van der Waals surface area contributed by atoms with Gasteiger partial charge in [-0.25, -0.2) is 0 Å². The third-order valence-corrected chi connectivity index (χ3v) is 3.71. The molecule has 1 aromatic carbocycles. The molecular weight excluding hydrogens is 232 g/mol. The van der Waals surface area contributed by atoms with Crippen LogP contribution in [0, 0.1) is 0 Å². The predicted molar refractivity (Wildman–Crippen MR) is 71.4 cm³/mol. The minimum Gasteiger partial charge on any atom is -0.324 e. The van der Waals surface area contributed by atoms with Crippen molar-refractivity contribution in [2.24, 2.45) is 5.73 Å². The molecule has 2 N–H and O–H groups in total. The van der Waals surface area contributed by atoms with Crippen LogP contribution in [0.2, 0.25) is 5.02 Å². The lowest BCUT2D eigenvalue weighted by Gasteiger charge is -2.15. The minimum absolute atomic E-state index is 0.0332. The van der Waals surface area contributed by atoms with Gasteiger partial charge in [0.25, 0.3) is 0 Å². The van der Waals surface area contributed by atoms with Crippen molar-refractivity contribution < 1.29 is 0 Å². The second-order valence-corrected chi connectivity index (χ2v) is 5.19. The zero-order valence-corrected chi connectivity index (χ0v) is 10.6. The fourth-order valence-electron chi connectivity index (χ4n) is 2.79. The lowest BCUT2D eigenvalue weighted by atomic mass is 9.96. The fourth-order valence-corrected chi connectivity index (χ4v) is 2.96. The van der Waals surface area contributed by atoms with E-state index in [4.69, 9.17) is 22.3 Å². The molecular formula is C14H15ClN2. The molecule has 0 spiro atoms. The van der Waals surface area contributed by atoms with Crippen molar-refractivity contribution in [1.29, 1.82) is 0 Å². The number of hydrogen-bond acceptors (Lipinski definition) is 2. The van der Waals surface area contributed by atoms with Gasteiger partial charge in [0, 0.05) is 22.1 Å². The molecule has 0 saturated carbocycles. The van der Waals surface area contributed by atoms with Gasteiger partial charge in [0.15, 0.2) is 0 Å². The van der Waals surface area contributed by atoms with E-state index < -0.39 is 0 Å². The Morgan fingerprint density at radius 3 is 2.94 bits per heavy atom. The van der Waals surface area contributed by atoms with Gasteiger partial charge in [0.1, 0.15) is 0 Å². The zero-order valence-electron chi connectivity index (χ0n) is 9.83. The average molecular weight is 247 g/mol. The molecule has 0 saturated heterocycles. The summed E-state index contributed by atoms with van der Waals surface area (Å²) in [5.74, 6) is 0. The van der Waals surface area contributed by atoms with E-state index in [1.54, 1.807) is 0 Å². The maximum absolute atomic E-state index is 6.13. The average Bonchev–Trinajstić information content (AvgIpc) is 2.72. The third-order valence-electron chi connectivity index (χ3n) is 3.47. The molecule has 1 atom stereocenters. The van der Waals surface area contributed by atoms with Gasteiger partial charge in [0.2, 0.25) is 0 Å². The van der Waals surface area contributed by atoms with Gasteiger partial charge in [-0.3, -0.25) is 4.98 Å². The highest BCUT2D eigenvalue weighted by atomic mass is 35.5. The highest BCUT2D eigenvalue weighted by molar-refractivity contribution is 6.31. The summed E-state index contributed by atoms with van der Waals surface area (Å²) in [5, 5.41) is 1.87. The van der Waals surface area contributed by atoms with E-state index in [2.05, 4.69) is 0 Å². The van der Waals surface area contributed by atoms with Crippen molar-refractivity contribution in [2.45, 2.75) is 32.2 Å². The molecule has 2 aromatic rings. The van der Waals surface area contributed by atoms with E-state index in [1.165, 1.54) is 23.2 Å². The van der Waals surface area contributed by atoms with Crippen molar-refractivity contribution in [3.05, 3.63) is 40.0 Å². The van der Waals surface area contributed by atoms with Crippen LogP contribution in [0.3, 0.4) is 0 Å². The number of aromatic nitrogens is 1. The van der Waals surface area contributed by atoms with Gasteiger partial charge in [0.05, 0.1) is 5.52 Å². The lowest BCUT2D eigenvalue weighted by molar-refractivity contribution is 0.806. The molecule has 88 valence electrons. The summed E-state index contributed by atoms with van der Waals surface area (Å²) in [6.45, 7) is 2.04. The normalized spacial score (nSPS) is 16.2. The number of benzene rings is 1. The Hall–Kier alpha value is -1.12. The molecule has 0 aliphatic heterocycles. The van der Waals surface area contributed by atoms with Crippen LogP contribution in [-0.2, 0) is 12.8 Å². The number of pyridine rings is 1. The van der Waals surface area contributed by atoms with Gasteiger partial charge < -0.3 is 5.73 Å². The first-order valence-electron chi connectivity index (χ1n) is 6.03. The number of nitrogens with two attached hydrogens (primary N) is 1. The summed E-state index contributed by atoms with van der Waals surface area (Å²) >= 11 is 6.08. The van der Waals surface area contributed by atoms with Gasteiger partial charge in [-0.05, 0) is 55.5 Å². The molecule has 1 aliphatic carbocycles. The predicted octanol–water partition coefficient (Wildman–Crippen LogP) is 3.40. The van der Waals surface area contributed by atoms with Crippen molar-refractivity contribution in [3.63, 3.8) is 0 Å². The Balaban J connectivity index is 2.41. The SMILES string of the molecule is CC(N)c1c2c(nc3ccc(Cl)cc13)CCC2. The summed E-state index contributed by atoms with van der Waals surface area (Å²) in [5.41, 5.74) is 11.0. The molecule has 0 bridgehead atoms. The maximum atomic E-state index is 6.13. The van der Waals surface area contributed by atoms with Gasteiger partial charge in [-0.15, -0.1) is 0 Å². The van der Waals surface area contributed by atoms with Gasteiger partial charge >= 0.3 is 0 Å². The van der Waals surface area contributed by atoms with E-state index in [-0.39, 0.29) is 6.04 Å². The number of hydrogen-bond donors (Lipinski definition) is 1. The highest BCUT2D eigenvalue weighted by Gasteiger charge is 2.21. The second kappa shape index (κ2) is 3.97. The molecule has 3 rings (SSSR count). The smallest absolute Gasteiger partial charge is 0.0709 e. The van der Waals surface area contributed by atoms with Gasteiger partial charge in [-0.2, -0.15) is 0 Å². The van der Waals surface area contributed by atoms with Crippen molar-refractivity contribution in [2.75, 3.05) is 0 Å². The van der Waals surface area contributed by atoms with Crippen LogP contribution in [0.25, 0.3) is 10.9 Å². The van der Waals surface area contributed by atoms with Crippen LogP contribution < -0.4 is 5.73 Å². The first-order chi connectivity index (χ1) is 8.16. The molecule has 1 aromatic heterocycles. The fraction of sp³-hybridized carbons (Fsp3) is 0.357. The van der Waals surface area contributed by atoms with Crippen LogP contribution in [0.1, 0.15) is 36.2 Å². The number of halogens is 1. The van der Waals surface area contributed by atoms with Crippen LogP contribution in [-0.4, -0.2) is 4.98 Å². The van der Waals surface area contributed by atoms with Crippen molar-refractivity contribution in [1.82, 2.24) is 4.98 Å². The van der Waals surface area contributed by atoms with Crippen LogP contribution in [0.5, 0.6) is 0 Å². The lowest BCUT2D eigenvalue weighted by Crippen LogP contribution is -2.10. The molecule has 1 heterocycles. The van der Waals surface area contributed by atoms with E-state index in [0.717, 1.165) is 28.8 Å². The van der Waals surface area contributed by atoms with E-state index >= 15 is 0 Å². The Morgan fingerprint density at radius 2 is 2.18 bits per heavy atom. The number of rotatable bonds is 1. The molecule has 0 fully saturated rings. The molecule has 1 aliphatic rings. The zero-order chi connectivity index (χ0) is 12.0.